The van der Waals surface area contributed by atoms with Crippen LogP contribution in [0.2, 0.25) is 0 Å². The van der Waals surface area contributed by atoms with Gasteiger partial charge in [-0.2, -0.15) is 5.10 Å². The Bertz CT molecular complexity index is 575. The number of aromatic nitrogens is 2. The Kier molecular flexibility index (Phi) is 4.98. The molecule has 0 amide bonds. The largest absolute Gasteiger partial charge is 0.400 e. The zero-order valence-corrected chi connectivity index (χ0v) is 12.7. The molecule has 0 bridgehead atoms. The molecule has 3 N–H and O–H groups in total. The monoisotopic (exact) mass is 289 g/mol. The van der Waals surface area contributed by atoms with Crippen molar-refractivity contribution >= 4 is 5.82 Å². The number of rotatable bonds is 3. The summed E-state index contributed by atoms with van der Waals surface area (Å²) in [6, 6.07) is 10.1. The van der Waals surface area contributed by atoms with Crippen molar-refractivity contribution in [2.75, 3.05) is 19.5 Å². The molecule has 3 rings (SSSR count). The van der Waals surface area contributed by atoms with Crippen LogP contribution in [-0.2, 0) is 0 Å². The highest BCUT2D eigenvalue weighted by molar-refractivity contribution is 5.53. The molecule has 1 aliphatic rings. The number of para-hydroxylation sites is 1. The minimum absolute atomic E-state index is 0.149. The van der Waals surface area contributed by atoms with Gasteiger partial charge >= 0.3 is 0 Å². The van der Waals surface area contributed by atoms with E-state index >= 15 is 0 Å². The van der Waals surface area contributed by atoms with Crippen LogP contribution in [0, 0.1) is 6.92 Å². The number of nitrogens with zero attached hydrogens (tertiary/aromatic N) is 2. The van der Waals surface area contributed by atoms with Crippen LogP contribution in [-0.4, -0.2) is 40.3 Å². The minimum atomic E-state index is -0.149. The number of aliphatic hydroxyl groups excluding tert-OH is 2. The highest BCUT2D eigenvalue weighted by Gasteiger charge is 2.33. The summed E-state index contributed by atoms with van der Waals surface area (Å²) >= 11 is 0. The van der Waals surface area contributed by atoms with Gasteiger partial charge in [0.05, 0.1) is 17.5 Å². The third-order valence-electron chi connectivity index (χ3n) is 3.90. The molecule has 5 heteroatoms. The van der Waals surface area contributed by atoms with Gasteiger partial charge in [-0.25, -0.2) is 4.68 Å². The van der Waals surface area contributed by atoms with Gasteiger partial charge < -0.3 is 15.5 Å². The highest BCUT2D eigenvalue weighted by Crippen LogP contribution is 2.39. The molecule has 1 heterocycles. The molecular weight excluding hydrogens is 266 g/mol. The Morgan fingerprint density at radius 1 is 1.19 bits per heavy atom. The number of hydrogen-bond donors (Lipinski definition) is 3. The molecule has 5 nitrogen and oxygen atoms in total. The molecule has 1 aromatic heterocycles. The molecule has 2 aromatic rings. The van der Waals surface area contributed by atoms with E-state index in [2.05, 4.69) is 12.2 Å². The van der Waals surface area contributed by atoms with Crippen LogP contribution in [0.5, 0.6) is 0 Å². The van der Waals surface area contributed by atoms with E-state index in [-0.39, 0.29) is 6.10 Å². The molecule has 0 saturated heterocycles. The van der Waals surface area contributed by atoms with Gasteiger partial charge in [0.1, 0.15) is 5.82 Å². The number of hydrogen-bond acceptors (Lipinski definition) is 4. The standard InChI is InChI=1S/C15H19N3O.CH4O/c1-10-14(11-8-13(19)9-11)17-18(15(10)16-2)12-6-4-3-5-7-12;1-2/h3-7,11,13,16,19H,8-9H2,1-2H3;2H,1H3. The molecule has 21 heavy (non-hydrogen) atoms. The Morgan fingerprint density at radius 2 is 1.81 bits per heavy atom. The van der Waals surface area contributed by atoms with Gasteiger partial charge in [-0.15, -0.1) is 0 Å². The Labute approximate surface area is 125 Å². The second kappa shape index (κ2) is 6.74. The first-order chi connectivity index (χ1) is 10.2. The van der Waals surface area contributed by atoms with Crippen molar-refractivity contribution < 1.29 is 10.2 Å². The molecule has 0 unspecified atom stereocenters. The van der Waals surface area contributed by atoms with Crippen LogP contribution in [0.15, 0.2) is 30.3 Å². The third kappa shape index (κ3) is 2.94. The summed E-state index contributed by atoms with van der Waals surface area (Å²) < 4.78 is 1.95. The quantitative estimate of drug-likeness (QED) is 0.809. The lowest BCUT2D eigenvalue weighted by atomic mass is 9.79. The van der Waals surface area contributed by atoms with E-state index in [1.54, 1.807) is 0 Å². The summed E-state index contributed by atoms with van der Waals surface area (Å²) in [5.41, 5.74) is 3.35. The molecule has 1 aromatic carbocycles. The lowest BCUT2D eigenvalue weighted by Crippen LogP contribution is -2.27. The van der Waals surface area contributed by atoms with E-state index in [4.69, 9.17) is 10.2 Å². The second-order valence-corrected chi connectivity index (χ2v) is 5.18. The van der Waals surface area contributed by atoms with Gasteiger partial charge in [-0.1, -0.05) is 18.2 Å². The lowest BCUT2D eigenvalue weighted by Gasteiger charge is -2.30. The van der Waals surface area contributed by atoms with Gasteiger partial charge in [0, 0.05) is 25.6 Å². The van der Waals surface area contributed by atoms with Gasteiger partial charge in [0.15, 0.2) is 0 Å². The Balaban J connectivity index is 0.000000774. The fourth-order valence-electron chi connectivity index (χ4n) is 2.76. The summed E-state index contributed by atoms with van der Waals surface area (Å²) in [4.78, 5) is 0. The van der Waals surface area contributed by atoms with Crippen molar-refractivity contribution in [3.8, 4) is 5.69 Å². The highest BCUT2D eigenvalue weighted by atomic mass is 16.3. The SMILES string of the molecule is CNc1c(C)c(C2CC(O)C2)nn1-c1ccccc1.CO. The van der Waals surface area contributed by atoms with Gasteiger partial charge in [0.2, 0.25) is 0 Å². The number of benzene rings is 1. The number of anilines is 1. The van der Waals surface area contributed by atoms with Crippen LogP contribution in [0.3, 0.4) is 0 Å². The van der Waals surface area contributed by atoms with E-state index in [0.717, 1.165) is 37.2 Å². The Hall–Kier alpha value is -1.85. The average Bonchev–Trinajstić information content (AvgIpc) is 2.83. The molecule has 0 radical (unpaired) electrons. The summed E-state index contributed by atoms with van der Waals surface area (Å²) in [7, 11) is 2.92. The van der Waals surface area contributed by atoms with Crippen molar-refractivity contribution in [1.82, 2.24) is 9.78 Å². The molecule has 114 valence electrons. The molecule has 0 aliphatic heterocycles. The summed E-state index contributed by atoms with van der Waals surface area (Å²) in [6.07, 6.45) is 1.51. The fourth-order valence-corrected chi connectivity index (χ4v) is 2.76. The van der Waals surface area contributed by atoms with Crippen LogP contribution < -0.4 is 5.32 Å². The van der Waals surface area contributed by atoms with Crippen molar-refractivity contribution in [1.29, 1.82) is 0 Å². The smallest absolute Gasteiger partial charge is 0.132 e. The zero-order chi connectivity index (χ0) is 15.4. The summed E-state index contributed by atoms with van der Waals surface area (Å²) in [5.74, 6) is 1.43. The van der Waals surface area contributed by atoms with Gasteiger partial charge in [-0.05, 0) is 31.9 Å². The summed E-state index contributed by atoms with van der Waals surface area (Å²) in [5, 5.41) is 24.5. The minimum Gasteiger partial charge on any atom is -0.400 e. The van der Waals surface area contributed by atoms with Crippen LogP contribution in [0.25, 0.3) is 5.69 Å². The zero-order valence-electron chi connectivity index (χ0n) is 12.7. The Morgan fingerprint density at radius 3 is 2.33 bits per heavy atom. The predicted molar refractivity (Wildman–Crippen MR) is 84.0 cm³/mol. The molecule has 1 fully saturated rings. The van der Waals surface area contributed by atoms with Crippen LogP contribution in [0.1, 0.15) is 30.0 Å². The normalized spacial score (nSPS) is 20.2. The van der Waals surface area contributed by atoms with Crippen molar-refractivity contribution in [3.63, 3.8) is 0 Å². The van der Waals surface area contributed by atoms with Crippen molar-refractivity contribution in [3.05, 3.63) is 41.6 Å². The topological polar surface area (TPSA) is 70.3 Å². The van der Waals surface area contributed by atoms with Crippen molar-refractivity contribution in [2.24, 2.45) is 0 Å². The van der Waals surface area contributed by atoms with Crippen LogP contribution >= 0.6 is 0 Å². The second-order valence-electron chi connectivity index (χ2n) is 5.18. The average molecular weight is 289 g/mol. The number of nitrogens with one attached hydrogen (secondary N) is 1. The van der Waals surface area contributed by atoms with Crippen LogP contribution in [0.4, 0.5) is 5.82 Å². The molecule has 0 spiro atoms. The van der Waals surface area contributed by atoms with E-state index in [1.807, 2.05) is 42.1 Å². The maximum absolute atomic E-state index is 9.47. The molecular formula is C16H23N3O2. The van der Waals surface area contributed by atoms with E-state index in [9.17, 15) is 5.11 Å². The van der Waals surface area contributed by atoms with Gasteiger partial charge in [-0.3, -0.25) is 0 Å². The fraction of sp³-hybridized carbons (Fsp3) is 0.438. The first-order valence-electron chi connectivity index (χ1n) is 7.16. The maximum Gasteiger partial charge on any atom is 0.132 e. The molecule has 1 saturated carbocycles. The van der Waals surface area contributed by atoms with Gasteiger partial charge in [0.25, 0.3) is 0 Å². The number of aliphatic hydroxyl groups is 2. The first kappa shape index (κ1) is 15.5. The molecule has 1 aliphatic carbocycles. The first-order valence-corrected chi connectivity index (χ1v) is 7.16. The maximum atomic E-state index is 9.47. The van der Waals surface area contributed by atoms with E-state index in [1.165, 1.54) is 5.56 Å². The predicted octanol–water partition coefficient (Wildman–Crippen LogP) is 2.07. The molecule has 0 atom stereocenters. The van der Waals surface area contributed by atoms with E-state index < -0.39 is 0 Å². The lowest BCUT2D eigenvalue weighted by molar-refractivity contribution is 0.0729. The van der Waals surface area contributed by atoms with E-state index in [0.29, 0.717) is 5.92 Å². The summed E-state index contributed by atoms with van der Waals surface area (Å²) in [6.45, 7) is 2.10. The third-order valence-corrected chi connectivity index (χ3v) is 3.90. The van der Waals surface area contributed by atoms with Crippen molar-refractivity contribution in [2.45, 2.75) is 31.8 Å².